The van der Waals surface area contributed by atoms with Crippen molar-refractivity contribution in [1.82, 2.24) is 4.90 Å². The Morgan fingerprint density at radius 2 is 1.94 bits per heavy atom. The Bertz CT molecular complexity index is 1030. The van der Waals surface area contributed by atoms with Crippen LogP contribution in [0.2, 0.25) is 0 Å². The molecule has 1 fully saturated rings. The second-order valence-corrected chi connectivity index (χ2v) is 8.78. The van der Waals surface area contributed by atoms with Gasteiger partial charge in [0.2, 0.25) is 0 Å². The third-order valence-corrected chi connectivity index (χ3v) is 6.39. The summed E-state index contributed by atoms with van der Waals surface area (Å²) in [6.45, 7) is 0. The van der Waals surface area contributed by atoms with Crippen molar-refractivity contribution >= 4 is 17.7 Å². The van der Waals surface area contributed by atoms with Crippen LogP contribution in [0, 0.1) is 11.3 Å². The number of nitrogens with one attached hydrogen (secondary N) is 1. The first-order valence-electron chi connectivity index (χ1n) is 10.8. The van der Waals surface area contributed by atoms with Crippen LogP contribution in [0.25, 0.3) is 11.1 Å². The van der Waals surface area contributed by atoms with E-state index in [4.69, 9.17) is 15.9 Å². The number of nitrogens with zero attached hydrogens (tertiary/aromatic N) is 1. The van der Waals surface area contributed by atoms with Crippen LogP contribution in [-0.4, -0.2) is 42.8 Å². The lowest BCUT2D eigenvalue weighted by molar-refractivity contribution is -0.144. The van der Waals surface area contributed by atoms with Crippen LogP contribution < -0.4 is 5.73 Å². The van der Waals surface area contributed by atoms with Gasteiger partial charge in [-0.05, 0) is 47.2 Å². The highest BCUT2D eigenvalue weighted by Crippen LogP contribution is 2.48. The van der Waals surface area contributed by atoms with E-state index in [1.165, 1.54) is 11.1 Å². The van der Waals surface area contributed by atoms with Gasteiger partial charge in [-0.1, -0.05) is 36.8 Å². The first kappa shape index (κ1) is 21.1. The Morgan fingerprint density at radius 1 is 1.16 bits per heavy atom. The molecule has 6 heteroatoms. The molecule has 162 valence electrons. The Kier molecular flexibility index (Phi) is 5.81. The van der Waals surface area contributed by atoms with E-state index in [2.05, 4.69) is 18.2 Å². The summed E-state index contributed by atoms with van der Waals surface area (Å²) in [5.41, 5.74) is 10.6. The monoisotopic (exact) mass is 419 g/mol. The van der Waals surface area contributed by atoms with Crippen LogP contribution >= 0.6 is 0 Å². The molecule has 1 aliphatic carbocycles. The smallest absolute Gasteiger partial charge is 0.310 e. The van der Waals surface area contributed by atoms with Gasteiger partial charge >= 0.3 is 5.97 Å². The van der Waals surface area contributed by atoms with Crippen LogP contribution in [0.1, 0.15) is 53.1 Å². The number of hydrogen-bond donors (Lipinski definition) is 2. The predicted molar refractivity (Wildman–Crippen MR) is 120 cm³/mol. The van der Waals surface area contributed by atoms with E-state index in [0.29, 0.717) is 12.0 Å². The highest BCUT2D eigenvalue weighted by molar-refractivity contribution is 5.95. The number of fused-ring (bicyclic) bond motifs is 3. The predicted octanol–water partition coefficient (Wildman–Crippen LogP) is 3.73. The van der Waals surface area contributed by atoms with Crippen molar-refractivity contribution in [1.29, 1.82) is 5.41 Å². The van der Waals surface area contributed by atoms with E-state index in [1.54, 1.807) is 19.0 Å². The van der Waals surface area contributed by atoms with Crippen LogP contribution in [-0.2, 0) is 16.0 Å². The van der Waals surface area contributed by atoms with Crippen molar-refractivity contribution in [2.24, 2.45) is 11.7 Å². The molecule has 1 unspecified atom stereocenters. The molecule has 2 aliphatic rings. The molecule has 0 spiro atoms. The number of ether oxygens (including phenoxy) is 1. The number of amidine groups is 1. The number of carbonyl (C=O) groups is 2. The summed E-state index contributed by atoms with van der Waals surface area (Å²) >= 11 is 0. The molecule has 0 radical (unpaired) electrons. The topological polar surface area (TPSA) is 96.5 Å². The van der Waals surface area contributed by atoms with E-state index < -0.39 is 0 Å². The van der Waals surface area contributed by atoms with E-state index >= 15 is 0 Å². The zero-order chi connectivity index (χ0) is 22.1. The molecule has 0 bridgehead atoms. The molecule has 2 aromatic rings. The standard InChI is InChI=1S/C25H29N3O3/c1-28(2)24(29)18-7-5-6-15(12-18)16-10-11-17-14-21-23(20(17)13-16)19(25(30)31-21)8-3-4-9-22(26)27/h5-7,10-13,19,21,23H,3-4,8-9,14H2,1-2H3,(H3,26,27)/t19?,21-,23-/m0/s1. The quantitative estimate of drug-likeness (QED) is 0.309. The first-order chi connectivity index (χ1) is 14.8. The maximum atomic E-state index is 12.5. The lowest BCUT2D eigenvalue weighted by Crippen LogP contribution is -2.21. The number of nitrogens with two attached hydrogens (primary N) is 1. The number of benzene rings is 2. The van der Waals surface area contributed by atoms with Gasteiger partial charge in [0.05, 0.1) is 11.8 Å². The van der Waals surface area contributed by atoms with Gasteiger partial charge in [0.1, 0.15) is 6.10 Å². The number of unbranched alkanes of at least 4 members (excludes halogenated alkanes) is 1. The van der Waals surface area contributed by atoms with Gasteiger partial charge < -0.3 is 15.4 Å². The van der Waals surface area contributed by atoms with Crippen molar-refractivity contribution < 1.29 is 14.3 Å². The number of amides is 1. The van der Waals surface area contributed by atoms with Crippen molar-refractivity contribution in [2.75, 3.05) is 14.1 Å². The largest absolute Gasteiger partial charge is 0.461 e. The summed E-state index contributed by atoms with van der Waals surface area (Å²) in [7, 11) is 3.50. The Morgan fingerprint density at radius 3 is 2.68 bits per heavy atom. The van der Waals surface area contributed by atoms with Crippen molar-refractivity contribution in [2.45, 2.75) is 44.1 Å². The number of esters is 1. The normalized spacial score (nSPS) is 21.4. The van der Waals surface area contributed by atoms with Crippen LogP contribution in [0.4, 0.5) is 0 Å². The average Bonchev–Trinajstić information content (AvgIpc) is 3.24. The van der Waals surface area contributed by atoms with Gasteiger partial charge in [0, 0.05) is 38.4 Å². The van der Waals surface area contributed by atoms with Crippen molar-refractivity contribution in [3.8, 4) is 11.1 Å². The fourth-order valence-corrected chi connectivity index (χ4v) is 4.86. The minimum Gasteiger partial charge on any atom is -0.461 e. The third kappa shape index (κ3) is 4.20. The maximum Gasteiger partial charge on any atom is 0.310 e. The van der Waals surface area contributed by atoms with Gasteiger partial charge in [0.15, 0.2) is 0 Å². The Balaban J connectivity index is 1.58. The van der Waals surface area contributed by atoms with Crippen molar-refractivity contribution in [3.05, 3.63) is 59.2 Å². The molecule has 4 rings (SSSR count). The fraction of sp³-hybridized carbons (Fsp3) is 0.400. The summed E-state index contributed by atoms with van der Waals surface area (Å²) in [5, 5.41) is 7.37. The number of rotatable bonds is 7. The Hall–Kier alpha value is -3.15. The minimum atomic E-state index is -0.143. The lowest BCUT2D eigenvalue weighted by Gasteiger charge is -2.17. The number of carbonyl (C=O) groups excluding carboxylic acids is 2. The zero-order valence-corrected chi connectivity index (χ0v) is 18.1. The number of hydrogen-bond acceptors (Lipinski definition) is 4. The van der Waals surface area contributed by atoms with E-state index in [-0.39, 0.29) is 35.7 Å². The highest BCUT2D eigenvalue weighted by atomic mass is 16.6. The van der Waals surface area contributed by atoms with E-state index in [9.17, 15) is 9.59 Å². The summed E-state index contributed by atoms with van der Waals surface area (Å²) in [5.74, 6) is -0.00451. The molecular formula is C25H29N3O3. The van der Waals surface area contributed by atoms with Gasteiger partial charge in [-0.15, -0.1) is 0 Å². The molecule has 31 heavy (non-hydrogen) atoms. The van der Waals surface area contributed by atoms with E-state index in [1.807, 2.05) is 24.3 Å². The van der Waals surface area contributed by atoms with Crippen molar-refractivity contribution in [3.63, 3.8) is 0 Å². The molecule has 6 nitrogen and oxygen atoms in total. The molecule has 0 saturated carbocycles. The molecule has 2 aromatic carbocycles. The van der Waals surface area contributed by atoms with Crippen LogP contribution in [0.15, 0.2) is 42.5 Å². The zero-order valence-electron chi connectivity index (χ0n) is 18.1. The summed E-state index contributed by atoms with van der Waals surface area (Å²) in [6, 6.07) is 14.1. The second-order valence-electron chi connectivity index (χ2n) is 8.78. The molecule has 3 atom stereocenters. The average molecular weight is 420 g/mol. The molecule has 1 aliphatic heterocycles. The Labute approximate surface area is 182 Å². The summed E-state index contributed by atoms with van der Waals surface area (Å²) in [4.78, 5) is 26.5. The molecule has 1 amide bonds. The van der Waals surface area contributed by atoms with Crippen LogP contribution in [0.3, 0.4) is 0 Å². The van der Waals surface area contributed by atoms with Gasteiger partial charge in [-0.25, -0.2) is 0 Å². The van der Waals surface area contributed by atoms with Gasteiger partial charge in [-0.3, -0.25) is 15.0 Å². The molecular weight excluding hydrogens is 390 g/mol. The molecule has 0 aromatic heterocycles. The first-order valence-corrected chi connectivity index (χ1v) is 10.8. The van der Waals surface area contributed by atoms with Gasteiger partial charge in [0.25, 0.3) is 5.91 Å². The second kappa shape index (κ2) is 8.53. The lowest BCUT2D eigenvalue weighted by atomic mass is 9.84. The molecule has 1 heterocycles. The minimum absolute atomic E-state index is 0.0245. The molecule has 1 saturated heterocycles. The summed E-state index contributed by atoms with van der Waals surface area (Å²) < 4.78 is 5.72. The summed E-state index contributed by atoms with van der Waals surface area (Å²) in [6.07, 6.45) is 3.66. The van der Waals surface area contributed by atoms with Gasteiger partial charge in [-0.2, -0.15) is 0 Å². The fourth-order valence-electron chi connectivity index (χ4n) is 4.86. The SMILES string of the molecule is CN(C)C(=O)c1cccc(-c2ccc3c(c2)[C@@H]2C(CCCCC(=N)N)C(=O)O[C@H]2C3)c1. The van der Waals surface area contributed by atoms with E-state index in [0.717, 1.165) is 36.8 Å². The molecule has 3 N–H and O–H groups in total. The van der Waals surface area contributed by atoms with Crippen LogP contribution in [0.5, 0.6) is 0 Å². The third-order valence-electron chi connectivity index (χ3n) is 6.39. The highest BCUT2D eigenvalue weighted by Gasteiger charge is 2.49. The maximum absolute atomic E-state index is 12.5.